The monoisotopic (exact) mass is 300 g/mol. The van der Waals surface area contributed by atoms with E-state index in [1.54, 1.807) is 5.38 Å². The number of nitrogens with one attached hydrogen (secondary N) is 1. The lowest BCUT2D eigenvalue weighted by molar-refractivity contribution is 0.102. The van der Waals surface area contributed by atoms with Gasteiger partial charge in [0.05, 0.1) is 5.01 Å². The largest absolute Gasteiger partial charge is 0.384 e. The number of amides is 1. The van der Waals surface area contributed by atoms with E-state index in [0.29, 0.717) is 5.69 Å². The van der Waals surface area contributed by atoms with Gasteiger partial charge in [-0.15, -0.1) is 11.3 Å². The molecule has 0 fully saturated rings. The minimum atomic E-state index is -0.205. The molecule has 0 radical (unpaired) electrons. The van der Waals surface area contributed by atoms with E-state index in [4.69, 9.17) is 5.11 Å². The molecule has 5 heteroatoms. The molecule has 2 N–H and O–H groups in total. The minimum Gasteiger partial charge on any atom is -0.384 e. The van der Waals surface area contributed by atoms with Crippen LogP contribution >= 0.6 is 11.3 Å². The quantitative estimate of drug-likeness (QED) is 0.857. The Morgan fingerprint density at radius 2 is 2.29 bits per heavy atom. The Balaban J connectivity index is 2.21. The fraction of sp³-hybridized carbons (Fsp3) is 0.250. The molecular weight excluding hydrogens is 284 g/mol. The molecular formula is C16H16N2O2S. The average Bonchev–Trinajstić information content (AvgIpc) is 2.92. The number of aromatic nitrogens is 1. The van der Waals surface area contributed by atoms with Crippen LogP contribution < -0.4 is 5.32 Å². The number of rotatable bonds is 3. The van der Waals surface area contributed by atoms with Gasteiger partial charge in [0.15, 0.2) is 0 Å². The van der Waals surface area contributed by atoms with Crippen molar-refractivity contribution in [2.75, 3.05) is 11.9 Å². The van der Waals surface area contributed by atoms with Crippen molar-refractivity contribution < 1.29 is 9.90 Å². The molecule has 0 bridgehead atoms. The Labute approximate surface area is 127 Å². The molecule has 0 saturated heterocycles. The number of aliphatic hydroxyl groups is 1. The van der Waals surface area contributed by atoms with Crippen molar-refractivity contribution in [3.8, 4) is 11.8 Å². The maximum Gasteiger partial charge on any atom is 0.275 e. The van der Waals surface area contributed by atoms with Gasteiger partial charge in [0.2, 0.25) is 0 Å². The Kier molecular flexibility index (Phi) is 5.09. The Bertz CT molecular complexity index is 711. The van der Waals surface area contributed by atoms with E-state index >= 15 is 0 Å². The number of aryl methyl sites for hydroxylation is 2. The summed E-state index contributed by atoms with van der Waals surface area (Å²) >= 11 is 1.45. The van der Waals surface area contributed by atoms with E-state index in [2.05, 4.69) is 22.1 Å². The Morgan fingerprint density at radius 1 is 1.48 bits per heavy atom. The van der Waals surface area contributed by atoms with Crippen molar-refractivity contribution in [3.63, 3.8) is 0 Å². The topological polar surface area (TPSA) is 62.2 Å². The normalized spacial score (nSPS) is 9.86. The number of anilines is 1. The van der Waals surface area contributed by atoms with Gasteiger partial charge in [-0.25, -0.2) is 4.98 Å². The summed E-state index contributed by atoms with van der Waals surface area (Å²) in [4.78, 5) is 16.3. The van der Waals surface area contributed by atoms with Crippen molar-refractivity contribution in [2.24, 2.45) is 0 Å². The Hall–Kier alpha value is -2.16. The van der Waals surface area contributed by atoms with Gasteiger partial charge in [-0.2, -0.15) is 0 Å². The second-order valence-corrected chi connectivity index (χ2v) is 5.45. The van der Waals surface area contributed by atoms with E-state index in [1.165, 1.54) is 11.3 Å². The predicted octanol–water partition coefficient (Wildman–Crippen LogP) is 2.61. The van der Waals surface area contributed by atoms with Gasteiger partial charge in [0, 0.05) is 16.6 Å². The van der Waals surface area contributed by atoms with Crippen LogP contribution in [0.25, 0.3) is 0 Å². The Morgan fingerprint density at radius 3 is 2.90 bits per heavy atom. The van der Waals surface area contributed by atoms with Gasteiger partial charge in [0.1, 0.15) is 12.3 Å². The number of hydrogen-bond donors (Lipinski definition) is 2. The molecule has 0 aliphatic carbocycles. The molecule has 0 aliphatic rings. The van der Waals surface area contributed by atoms with Gasteiger partial charge in [-0.1, -0.05) is 18.8 Å². The van der Waals surface area contributed by atoms with Gasteiger partial charge in [-0.05, 0) is 37.1 Å². The summed E-state index contributed by atoms with van der Waals surface area (Å²) in [6.07, 6.45) is 0.778. The third-order valence-corrected chi connectivity index (χ3v) is 3.67. The van der Waals surface area contributed by atoms with E-state index < -0.39 is 0 Å². The lowest BCUT2D eigenvalue weighted by Gasteiger charge is -2.09. The van der Waals surface area contributed by atoms with Crippen LogP contribution in [0.1, 0.15) is 33.5 Å². The maximum atomic E-state index is 12.1. The fourth-order valence-corrected chi connectivity index (χ4v) is 2.47. The van der Waals surface area contributed by atoms with Crippen LogP contribution in [-0.4, -0.2) is 22.6 Å². The van der Waals surface area contributed by atoms with Crippen LogP contribution in [-0.2, 0) is 6.42 Å². The number of thiazole rings is 1. The highest BCUT2D eigenvalue weighted by molar-refractivity contribution is 7.09. The third-order valence-electron chi connectivity index (χ3n) is 2.90. The zero-order chi connectivity index (χ0) is 15.2. The van der Waals surface area contributed by atoms with Crippen molar-refractivity contribution in [1.82, 2.24) is 4.98 Å². The minimum absolute atomic E-state index is 0.164. The fourth-order valence-electron chi connectivity index (χ4n) is 1.88. The van der Waals surface area contributed by atoms with E-state index in [9.17, 15) is 4.79 Å². The molecule has 4 nitrogen and oxygen atoms in total. The van der Waals surface area contributed by atoms with E-state index in [1.807, 2.05) is 32.0 Å². The van der Waals surface area contributed by atoms with Gasteiger partial charge >= 0.3 is 0 Å². The summed E-state index contributed by atoms with van der Waals surface area (Å²) in [6.45, 7) is 3.72. The zero-order valence-corrected chi connectivity index (χ0v) is 12.8. The first-order valence-corrected chi connectivity index (χ1v) is 7.48. The standard InChI is InChI=1S/C16H16N2O2S/c1-3-13-9-12(5-4-8-19)6-7-14(13)18-16(20)15-10-21-11(2)17-15/h6-7,9-10,19H,3,8H2,1-2H3,(H,18,20). The molecule has 1 heterocycles. The van der Waals surface area contributed by atoms with Crippen molar-refractivity contribution in [1.29, 1.82) is 0 Å². The summed E-state index contributed by atoms with van der Waals surface area (Å²) in [5, 5.41) is 14.2. The predicted molar refractivity (Wildman–Crippen MR) is 84.6 cm³/mol. The molecule has 108 valence electrons. The maximum absolute atomic E-state index is 12.1. The number of benzene rings is 1. The van der Waals surface area contributed by atoms with E-state index in [0.717, 1.165) is 28.2 Å². The van der Waals surface area contributed by atoms with Crippen LogP contribution in [0.2, 0.25) is 0 Å². The molecule has 21 heavy (non-hydrogen) atoms. The van der Waals surface area contributed by atoms with Crippen LogP contribution in [0, 0.1) is 18.8 Å². The lowest BCUT2D eigenvalue weighted by Crippen LogP contribution is -2.13. The molecule has 2 rings (SSSR count). The SMILES string of the molecule is CCc1cc(C#CCO)ccc1NC(=O)c1csc(C)n1. The van der Waals surface area contributed by atoms with E-state index in [-0.39, 0.29) is 12.5 Å². The second kappa shape index (κ2) is 7.02. The lowest BCUT2D eigenvalue weighted by atomic mass is 10.1. The van der Waals surface area contributed by atoms with Crippen molar-refractivity contribution in [2.45, 2.75) is 20.3 Å². The smallest absolute Gasteiger partial charge is 0.275 e. The van der Waals surface area contributed by atoms with Gasteiger partial charge < -0.3 is 10.4 Å². The molecule has 0 unspecified atom stereocenters. The summed E-state index contributed by atoms with van der Waals surface area (Å²) in [5.74, 6) is 5.27. The first-order chi connectivity index (χ1) is 10.1. The highest BCUT2D eigenvalue weighted by Crippen LogP contribution is 2.19. The summed E-state index contributed by atoms with van der Waals surface area (Å²) in [5.41, 5.74) is 3.02. The van der Waals surface area contributed by atoms with Crippen LogP contribution in [0.5, 0.6) is 0 Å². The summed E-state index contributed by atoms with van der Waals surface area (Å²) in [7, 11) is 0. The summed E-state index contributed by atoms with van der Waals surface area (Å²) in [6, 6.07) is 5.58. The highest BCUT2D eigenvalue weighted by Gasteiger charge is 2.11. The molecule has 1 aromatic carbocycles. The van der Waals surface area contributed by atoms with Crippen LogP contribution in [0.15, 0.2) is 23.6 Å². The highest BCUT2D eigenvalue weighted by atomic mass is 32.1. The second-order valence-electron chi connectivity index (χ2n) is 4.39. The first kappa shape index (κ1) is 15.2. The number of carbonyl (C=O) groups is 1. The molecule has 2 aromatic rings. The number of hydrogen-bond acceptors (Lipinski definition) is 4. The van der Waals surface area contributed by atoms with Gasteiger partial charge in [0.25, 0.3) is 5.91 Å². The average molecular weight is 300 g/mol. The van der Waals surface area contributed by atoms with Crippen molar-refractivity contribution >= 4 is 22.9 Å². The number of carbonyl (C=O) groups excluding carboxylic acids is 1. The van der Waals surface area contributed by atoms with Crippen LogP contribution in [0.4, 0.5) is 5.69 Å². The molecule has 0 saturated carbocycles. The molecule has 0 spiro atoms. The van der Waals surface area contributed by atoms with Crippen molar-refractivity contribution in [3.05, 3.63) is 45.4 Å². The zero-order valence-electron chi connectivity index (χ0n) is 11.9. The molecule has 1 amide bonds. The first-order valence-electron chi connectivity index (χ1n) is 6.60. The third kappa shape index (κ3) is 3.91. The number of aliphatic hydroxyl groups excluding tert-OH is 1. The van der Waals surface area contributed by atoms with Gasteiger partial charge in [-0.3, -0.25) is 4.79 Å². The van der Waals surface area contributed by atoms with Crippen LogP contribution in [0.3, 0.4) is 0 Å². The summed E-state index contributed by atoms with van der Waals surface area (Å²) < 4.78 is 0. The molecule has 0 aliphatic heterocycles. The number of nitrogens with zero attached hydrogens (tertiary/aromatic N) is 1. The molecule has 1 aromatic heterocycles. The molecule has 0 atom stereocenters.